The summed E-state index contributed by atoms with van der Waals surface area (Å²) < 4.78 is 6.72. The maximum absolute atomic E-state index is 12.8. The van der Waals surface area contributed by atoms with Gasteiger partial charge in [0.05, 0.1) is 25.0 Å². The number of methoxy groups -OCH3 is 1. The van der Waals surface area contributed by atoms with Gasteiger partial charge in [0.2, 0.25) is 0 Å². The largest absolute Gasteiger partial charge is 0.467 e. The van der Waals surface area contributed by atoms with Crippen LogP contribution in [-0.4, -0.2) is 49.9 Å². The Labute approximate surface area is 157 Å². The molecule has 1 aliphatic rings. The summed E-state index contributed by atoms with van der Waals surface area (Å²) in [7, 11) is 5.10. The van der Waals surface area contributed by atoms with E-state index in [-0.39, 0.29) is 5.91 Å². The van der Waals surface area contributed by atoms with Gasteiger partial charge in [0, 0.05) is 31.1 Å². The summed E-state index contributed by atoms with van der Waals surface area (Å²) in [5.74, 6) is 1.05. The molecule has 2 heterocycles. The lowest BCUT2D eigenvalue weighted by atomic mass is 10.1. The number of aryl methyl sites for hydroxylation is 1. The van der Waals surface area contributed by atoms with Crippen LogP contribution in [0.4, 0.5) is 0 Å². The van der Waals surface area contributed by atoms with Crippen LogP contribution in [-0.2, 0) is 13.6 Å². The Morgan fingerprint density at radius 1 is 1.37 bits per heavy atom. The Morgan fingerprint density at radius 2 is 2.19 bits per heavy atom. The molecule has 2 aromatic heterocycles. The van der Waals surface area contributed by atoms with Crippen molar-refractivity contribution >= 4 is 5.91 Å². The summed E-state index contributed by atoms with van der Waals surface area (Å²) in [4.78, 5) is 18.8. The average Bonchev–Trinajstić information content (AvgIpc) is 3.31. The van der Waals surface area contributed by atoms with Crippen molar-refractivity contribution in [3.8, 4) is 17.4 Å². The van der Waals surface area contributed by atoms with Crippen LogP contribution in [0, 0.1) is 0 Å². The first-order valence-corrected chi connectivity index (χ1v) is 8.90. The second-order valence-electron chi connectivity index (χ2n) is 6.88. The van der Waals surface area contributed by atoms with Gasteiger partial charge < -0.3 is 9.64 Å². The minimum absolute atomic E-state index is 0.0673. The number of H-pyrrole nitrogens is 1. The van der Waals surface area contributed by atoms with Gasteiger partial charge in [0.15, 0.2) is 5.82 Å². The average molecular weight is 366 g/mol. The summed E-state index contributed by atoms with van der Waals surface area (Å²) >= 11 is 0. The molecule has 140 valence electrons. The predicted octanol–water partition coefficient (Wildman–Crippen LogP) is 2.36. The highest BCUT2D eigenvalue weighted by Crippen LogP contribution is 2.39. The molecular weight excluding hydrogens is 344 g/mol. The highest BCUT2D eigenvalue weighted by molar-refractivity contribution is 5.95. The number of aromatic amines is 1. The number of aromatic nitrogens is 5. The summed E-state index contributed by atoms with van der Waals surface area (Å²) in [6.45, 7) is 0.485. The molecule has 1 aliphatic carbocycles. The third-order valence-corrected chi connectivity index (χ3v) is 4.67. The Kier molecular flexibility index (Phi) is 4.39. The van der Waals surface area contributed by atoms with E-state index in [1.54, 1.807) is 42.9 Å². The highest BCUT2D eigenvalue weighted by Gasteiger charge is 2.26. The van der Waals surface area contributed by atoms with E-state index in [9.17, 15) is 4.79 Å². The number of carbonyl (C=O) groups is 1. The van der Waals surface area contributed by atoms with Gasteiger partial charge in [-0.15, -0.1) is 5.10 Å². The number of hydrogen-bond donors (Lipinski definition) is 1. The maximum Gasteiger partial charge on any atom is 0.314 e. The van der Waals surface area contributed by atoms with E-state index in [2.05, 4.69) is 26.3 Å². The predicted molar refractivity (Wildman–Crippen MR) is 99.4 cm³/mol. The Hall–Kier alpha value is -3.16. The summed E-state index contributed by atoms with van der Waals surface area (Å²) in [5.41, 5.74) is 3.40. The maximum atomic E-state index is 12.8. The van der Waals surface area contributed by atoms with Crippen molar-refractivity contribution in [1.82, 2.24) is 29.9 Å². The molecule has 0 saturated heterocycles. The quantitative estimate of drug-likeness (QED) is 0.723. The van der Waals surface area contributed by atoms with Gasteiger partial charge >= 0.3 is 6.01 Å². The van der Waals surface area contributed by atoms with Crippen molar-refractivity contribution in [3.63, 3.8) is 0 Å². The number of amides is 1. The van der Waals surface area contributed by atoms with Gasteiger partial charge in [-0.25, -0.2) is 4.68 Å². The van der Waals surface area contributed by atoms with Crippen LogP contribution in [0.3, 0.4) is 0 Å². The molecule has 27 heavy (non-hydrogen) atoms. The Balaban J connectivity index is 1.50. The number of hydrogen-bond acceptors (Lipinski definition) is 5. The molecular formula is C19H22N6O2. The van der Waals surface area contributed by atoms with Gasteiger partial charge in [-0.2, -0.15) is 10.1 Å². The fourth-order valence-electron chi connectivity index (χ4n) is 3.06. The molecule has 0 aliphatic heterocycles. The fourth-order valence-corrected chi connectivity index (χ4v) is 3.06. The van der Waals surface area contributed by atoms with Gasteiger partial charge in [-0.05, 0) is 31.0 Å². The summed E-state index contributed by atoms with van der Waals surface area (Å²) in [5, 5.41) is 11.7. The first kappa shape index (κ1) is 17.3. The van der Waals surface area contributed by atoms with Gasteiger partial charge in [-0.1, -0.05) is 12.1 Å². The van der Waals surface area contributed by atoms with Crippen molar-refractivity contribution in [2.45, 2.75) is 25.3 Å². The monoisotopic (exact) mass is 366 g/mol. The van der Waals surface area contributed by atoms with Crippen molar-refractivity contribution < 1.29 is 9.53 Å². The van der Waals surface area contributed by atoms with E-state index < -0.39 is 0 Å². The van der Waals surface area contributed by atoms with Crippen LogP contribution in [0.15, 0.2) is 30.3 Å². The van der Waals surface area contributed by atoms with E-state index in [4.69, 9.17) is 4.74 Å². The third-order valence-electron chi connectivity index (χ3n) is 4.67. The lowest BCUT2D eigenvalue weighted by Crippen LogP contribution is -2.26. The van der Waals surface area contributed by atoms with E-state index in [1.165, 1.54) is 12.8 Å². The number of benzene rings is 1. The minimum atomic E-state index is -0.0673. The standard InChI is InChI=1S/C19H22N6O2/c1-24(11-15-10-16(22-21-15)12-7-8-12)18(26)14-6-4-5-13(9-14)17-20-19(27-3)25(2)23-17/h4-6,9-10,12H,7-8,11H2,1-3H3,(H,21,22). The lowest BCUT2D eigenvalue weighted by molar-refractivity contribution is 0.0783. The fraction of sp³-hybridized carbons (Fsp3) is 0.368. The Bertz CT molecular complexity index is 972. The second kappa shape index (κ2) is 6.86. The first-order valence-electron chi connectivity index (χ1n) is 8.90. The van der Waals surface area contributed by atoms with Crippen LogP contribution in [0.5, 0.6) is 6.01 Å². The van der Waals surface area contributed by atoms with E-state index >= 15 is 0 Å². The van der Waals surface area contributed by atoms with Gasteiger partial charge in [0.1, 0.15) is 0 Å². The zero-order valence-electron chi connectivity index (χ0n) is 15.6. The molecule has 8 heteroatoms. The number of ether oxygens (including phenoxy) is 1. The zero-order chi connectivity index (χ0) is 19.0. The summed E-state index contributed by atoms with van der Waals surface area (Å²) in [6, 6.07) is 9.79. The van der Waals surface area contributed by atoms with Crippen molar-refractivity contribution in [2.75, 3.05) is 14.2 Å². The van der Waals surface area contributed by atoms with Crippen LogP contribution >= 0.6 is 0 Å². The normalized spacial score (nSPS) is 13.6. The van der Waals surface area contributed by atoms with E-state index in [0.717, 1.165) is 17.0 Å². The van der Waals surface area contributed by atoms with Crippen LogP contribution < -0.4 is 4.74 Å². The lowest BCUT2D eigenvalue weighted by Gasteiger charge is -2.16. The third kappa shape index (κ3) is 3.55. The smallest absolute Gasteiger partial charge is 0.314 e. The molecule has 3 aromatic rings. The van der Waals surface area contributed by atoms with E-state index in [0.29, 0.717) is 29.9 Å². The number of nitrogens with one attached hydrogen (secondary N) is 1. The molecule has 1 fully saturated rings. The van der Waals surface area contributed by atoms with Crippen molar-refractivity contribution in [2.24, 2.45) is 7.05 Å². The molecule has 1 aromatic carbocycles. The molecule has 0 radical (unpaired) electrons. The molecule has 0 spiro atoms. The molecule has 1 N–H and O–H groups in total. The number of nitrogens with zero attached hydrogens (tertiary/aromatic N) is 5. The SMILES string of the molecule is COc1nc(-c2cccc(C(=O)N(C)Cc3cc(C4CC4)n[nH]3)c2)nn1C. The molecule has 1 saturated carbocycles. The molecule has 0 bridgehead atoms. The second-order valence-corrected chi connectivity index (χ2v) is 6.88. The molecule has 4 rings (SSSR count). The minimum Gasteiger partial charge on any atom is -0.467 e. The van der Waals surface area contributed by atoms with Crippen LogP contribution in [0.2, 0.25) is 0 Å². The van der Waals surface area contributed by atoms with E-state index in [1.807, 2.05) is 12.1 Å². The zero-order valence-corrected chi connectivity index (χ0v) is 15.6. The van der Waals surface area contributed by atoms with Crippen LogP contribution in [0.1, 0.15) is 40.5 Å². The van der Waals surface area contributed by atoms with Crippen molar-refractivity contribution in [3.05, 3.63) is 47.3 Å². The Morgan fingerprint density at radius 3 is 2.89 bits per heavy atom. The number of rotatable bonds is 6. The van der Waals surface area contributed by atoms with Crippen molar-refractivity contribution in [1.29, 1.82) is 0 Å². The van der Waals surface area contributed by atoms with Gasteiger partial charge in [-0.3, -0.25) is 9.89 Å². The molecule has 0 atom stereocenters. The topological polar surface area (TPSA) is 88.9 Å². The van der Waals surface area contributed by atoms with Gasteiger partial charge in [0.25, 0.3) is 5.91 Å². The summed E-state index contributed by atoms with van der Waals surface area (Å²) in [6.07, 6.45) is 2.41. The number of carbonyl (C=O) groups excluding carboxylic acids is 1. The molecule has 0 unspecified atom stereocenters. The van der Waals surface area contributed by atoms with Crippen LogP contribution in [0.25, 0.3) is 11.4 Å². The molecule has 8 nitrogen and oxygen atoms in total. The highest BCUT2D eigenvalue weighted by atomic mass is 16.5. The first-order chi connectivity index (χ1) is 13.0. The molecule has 1 amide bonds.